The molecule has 6 aromatic rings. The van der Waals surface area contributed by atoms with Crippen molar-refractivity contribution < 1.29 is 243 Å². The third-order valence-electron chi connectivity index (χ3n) is 17.0. The van der Waals surface area contributed by atoms with Gasteiger partial charge in [0.2, 0.25) is 41.9 Å². The van der Waals surface area contributed by atoms with Gasteiger partial charge in [-0.25, -0.2) is 52.0 Å². The molecule has 10 rings (SSSR count). The quantitative estimate of drug-likeness (QED) is 0.00926. The Kier molecular flexibility index (Phi) is 53.0. The fourth-order valence-corrected chi connectivity index (χ4v) is 16.5. The van der Waals surface area contributed by atoms with Crippen LogP contribution in [0, 0.1) is 11.6 Å². The van der Waals surface area contributed by atoms with Crippen LogP contribution in [-0.4, -0.2) is 177 Å². The topological polar surface area (TPSA) is 381 Å². The number of nitrogens with one attached hydrogen (secondary N) is 6. The molecule has 0 aliphatic carbocycles. The molecule has 4 amide bonds. The van der Waals surface area contributed by atoms with Gasteiger partial charge in [0.25, 0.3) is 15.5 Å². The van der Waals surface area contributed by atoms with Crippen LogP contribution < -0.4 is 146 Å². The van der Waals surface area contributed by atoms with Gasteiger partial charge in [-0.15, -0.1) is 36.4 Å². The van der Waals surface area contributed by atoms with E-state index in [0.717, 1.165) is 101 Å². The number of hydrogen-bond acceptors (Lipinski definition) is 20. The number of piperidine rings is 4. The molecular weight excluding hydrogens is 1930 g/mol. The van der Waals surface area contributed by atoms with E-state index >= 15 is 0 Å². The molecule has 27 nitrogen and oxygen atoms in total. The van der Waals surface area contributed by atoms with Crippen molar-refractivity contribution in [3.63, 3.8) is 0 Å². The molecule has 4 saturated heterocycles. The SMILES string of the molecule is CC(C)(C)OC(=O)NC1CCN(S(=O)(=O)c2cccc(C(F)(F)F)c2)CC1.CC(C)(C)OC(=O)NC1CCNCC1.Cl.Cl.NC1CCN(S(=O)(=O)c2cccc(C(F)(F)F)c2)CC1.O=C(CCl)Nc1ccc(F)cc1.O=C(CNC1CCN(S(=O)(=O)c2cccc(C(F)(F)F)c2)CC1)Nc1ccc(F)cc1.O=CO[O-].O=S(=O)(Cl)c1cccc(C(F)(F)F)c1.[H-].[K+].[K+]. The Morgan fingerprint density at radius 3 is 1.04 bits per heavy atom. The van der Waals surface area contributed by atoms with Crippen molar-refractivity contribution in [2.24, 2.45) is 5.73 Å². The first-order valence-electron chi connectivity index (χ1n) is 36.6. The monoisotopic (exact) mass is 2020 g/mol. The smallest absolute Gasteiger partial charge is 1.00 e. The molecule has 4 fully saturated rings. The van der Waals surface area contributed by atoms with Gasteiger partial charge in [-0.3, -0.25) is 14.4 Å². The number of alkyl carbamates (subject to hydrolysis) is 2. The summed E-state index contributed by atoms with van der Waals surface area (Å²) in [7, 11) is -11.2. The fourth-order valence-electron chi connectivity index (χ4n) is 11.0. The molecule has 0 saturated carbocycles. The molecule has 4 aliphatic heterocycles. The van der Waals surface area contributed by atoms with Crippen LogP contribution in [0.4, 0.5) is 82.4 Å². The second kappa shape index (κ2) is 55.0. The van der Waals surface area contributed by atoms with Gasteiger partial charge in [-0.2, -0.15) is 65.6 Å². The average molecular weight is 2020 g/mol. The van der Waals surface area contributed by atoms with Crippen LogP contribution in [0.5, 0.6) is 0 Å². The largest absolute Gasteiger partial charge is 1.00 e. The number of rotatable bonds is 16. The number of hydrogen-bond donors (Lipinski definition) is 7. The summed E-state index contributed by atoms with van der Waals surface area (Å²) in [6, 6.07) is 25.1. The van der Waals surface area contributed by atoms with Crippen molar-refractivity contribution in [3.8, 4) is 0 Å². The molecule has 0 radical (unpaired) electrons. The summed E-state index contributed by atoms with van der Waals surface area (Å²) in [5, 5.41) is 25.4. The predicted octanol–water partition coefficient (Wildman–Crippen LogP) is 7.72. The van der Waals surface area contributed by atoms with Gasteiger partial charge in [0, 0.05) is 85.5 Å². The van der Waals surface area contributed by atoms with Crippen molar-refractivity contribution >= 4 is 128 Å². The molecule has 6 aromatic carbocycles. The number of carbonyl (C=O) groups excluding carboxylic acids is 5. The van der Waals surface area contributed by atoms with Crippen LogP contribution in [0.1, 0.15) is 117 Å². The van der Waals surface area contributed by atoms with Gasteiger partial charge < -0.3 is 58.7 Å². The maximum absolute atomic E-state index is 12.9. The van der Waals surface area contributed by atoms with E-state index in [1.165, 1.54) is 58.9 Å². The first kappa shape index (κ1) is 121. The van der Waals surface area contributed by atoms with Gasteiger partial charge >= 0.3 is 140 Å². The van der Waals surface area contributed by atoms with Crippen molar-refractivity contribution in [1.82, 2.24) is 34.2 Å². The van der Waals surface area contributed by atoms with Crippen LogP contribution in [0.15, 0.2) is 165 Å². The fraction of sp³-hybridized carbons (Fsp3) is 0.453. The van der Waals surface area contributed by atoms with Crippen molar-refractivity contribution in [3.05, 3.63) is 179 Å². The molecule has 0 unspecified atom stereocenters. The Morgan fingerprint density at radius 2 is 0.754 bits per heavy atom. The summed E-state index contributed by atoms with van der Waals surface area (Å²) in [4.78, 5) is 55.5. The molecule has 698 valence electrons. The van der Waals surface area contributed by atoms with Crippen molar-refractivity contribution in [2.45, 2.75) is 173 Å². The zero-order valence-corrected chi connectivity index (χ0v) is 81.5. The van der Waals surface area contributed by atoms with E-state index in [9.17, 15) is 114 Å². The molecule has 4 heterocycles. The number of benzene rings is 6. The van der Waals surface area contributed by atoms with Gasteiger partial charge in [-0.1, -0.05) is 24.3 Å². The third-order valence-corrected chi connectivity index (χ3v) is 24.3. The summed E-state index contributed by atoms with van der Waals surface area (Å²) in [6.07, 6.45) is -14.8. The summed E-state index contributed by atoms with van der Waals surface area (Å²) in [6.45, 7) is 13.5. The predicted molar refractivity (Wildman–Crippen MR) is 435 cm³/mol. The van der Waals surface area contributed by atoms with E-state index in [0.29, 0.717) is 74.2 Å². The number of carbonyl (C=O) groups is 5. The summed E-state index contributed by atoms with van der Waals surface area (Å²) < 4.78 is 287. The number of alkyl halides is 13. The molecule has 126 heavy (non-hydrogen) atoms. The van der Waals surface area contributed by atoms with Crippen LogP contribution >= 0.6 is 47.1 Å². The Morgan fingerprint density at radius 1 is 0.476 bits per heavy atom. The van der Waals surface area contributed by atoms with E-state index < -0.39 is 124 Å². The molecule has 0 bridgehead atoms. The zero-order chi connectivity index (χ0) is 92.0. The van der Waals surface area contributed by atoms with Crippen LogP contribution in [0.25, 0.3) is 0 Å². The summed E-state index contributed by atoms with van der Waals surface area (Å²) in [5.41, 5.74) is 1.61. The van der Waals surface area contributed by atoms with Crippen molar-refractivity contribution in [2.75, 3.05) is 75.4 Å². The van der Waals surface area contributed by atoms with Crippen molar-refractivity contribution in [1.29, 1.82) is 0 Å². The van der Waals surface area contributed by atoms with E-state index in [2.05, 4.69) is 36.8 Å². The maximum Gasteiger partial charge on any atom is 1.00 e. The summed E-state index contributed by atoms with van der Waals surface area (Å²) in [5.74, 6) is -1.48. The molecule has 0 atom stereocenters. The van der Waals surface area contributed by atoms with Gasteiger partial charge in [0.05, 0.1) is 48.4 Å². The van der Waals surface area contributed by atoms with E-state index in [1.807, 2.05) is 20.8 Å². The minimum atomic E-state index is -4.63. The molecule has 0 aromatic heterocycles. The second-order valence-electron chi connectivity index (χ2n) is 28.8. The van der Waals surface area contributed by atoms with Crippen LogP contribution in [0.3, 0.4) is 0 Å². The Bertz CT molecular complexity index is 4870. The number of sulfonamides is 3. The van der Waals surface area contributed by atoms with Crippen LogP contribution in [0.2, 0.25) is 0 Å². The number of ether oxygens (including phenoxy) is 2. The van der Waals surface area contributed by atoms with Gasteiger partial charge in [0.15, 0.2) is 0 Å². The average Bonchev–Trinajstić information content (AvgIpc) is 0.799. The van der Waals surface area contributed by atoms with E-state index in [1.54, 1.807) is 20.8 Å². The van der Waals surface area contributed by atoms with Crippen LogP contribution in [-0.2, 0) is 92.6 Å². The molecule has 0 spiro atoms. The number of halogens is 18. The van der Waals surface area contributed by atoms with Gasteiger partial charge in [-0.05, 0) is 227 Å². The van der Waals surface area contributed by atoms with E-state index in [-0.39, 0.29) is 240 Å². The molecule has 8 N–H and O–H groups in total. The minimum absolute atomic E-state index is 0. The maximum atomic E-state index is 12.9. The first-order chi connectivity index (χ1) is 56.4. The Hall–Kier alpha value is -4.76. The second-order valence-corrected chi connectivity index (χ2v) is 37.4. The standard InChI is InChI=1S/C20H21F4N3O3S.C17H23F3N2O4S.C12H15F3N2O2S.C10H20N2O2.C8H7ClFNO.C7H4ClF3O2S.CH2O3.2ClH.2K.H/c21-15-4-6-17(7-5-15)26-19(28)13-25-16-8-10-27(11-9-16)31(29,30)18-3-1-2-14(12-18)20(22,23)24;1-16(2,3)26-15(23)21-13-7-9-22(10-8-13)27(24,25)14-6-4-5-12(11-14)17(18,19)20;13-12(14,15)9-2-1-3-11(8-9)20(18,19)17-6-4-10(16)5-7-17;1-10(2,3)14-9(13)12-8-4-6-11-7-5-8;9-5-8(12)11-7-3-1-6(10)2-4-7;8-14(12,13)6-3-1-2-5(4-6)7(9,10)11;2-1-4-3;;;;;/h1-7,12,16,25H,8-11,13H2,(H,26,28);4-6,11,13H,7-10H2,1-3H3,(H,21,23);1-3,8,10H,4-7,16H2;8,11H,4-7H2,1-3H3,(H,12,13);1-4H,5H2,(H,11,12);1-4H;1,3H;2*1H;;;/q;;;;;;;;;2*+1;-1/p-1. The molecule has 4 aliphatic rings. The summed E-state index contributed by atoms with van der Waals surface area (Å²) >= 11 is 5.25. The zero-order valence-electron chi connectivity index (χ0n) is 69.8. The first-order valence-corrected chi connectivity index (χ1v) is 43.8. The minimum Gasteiger partial charge on any atom is -1.00 e. The van der Waals surface area contributed by atoms with E-state index in [4.69, 9.17) is 47.5 Å². The van der Waals surface area contributed by atoms with Gasteiger partial charge in [0.1, 0.15) is 28.7 Å². The molecular formula is C75H94Cl4F14K2N10O17S4. The Balaban J connectivity index is 0. The number of anilines is 2. The number of amides is 4. The normalized spacial score (nSPS) is 15.4. The number of nitrogens with two attached hydrogens (primary N) is 1. The Labute approximate surface area is 829 Å². The third kappa shape index (κ3) is 44.6. The number of nitrogens with zero attached hydrogens (tertiary/aromatic N) is 3. The molecule has 51 heteroatoms.